The fourth-order valence-corrected chi connectivity index (χ4v) is 7.95. The quantitative estimate of drug-likeness (QED) is 0.116. The predicted octanol–water partition coefficient (Wildman–Crippen LogP) is 7.19. The number of benzene rings is 3. The van der Waals surface area contributed by atoms with E-state index in [1.807, 2.05) is 48.5 Å². The zero-order valence-corrected chi connectivity index (χ0v) is 24.4. The maximum atomic E-state index is 13.8. The van der Waals surface area contributed by atoms with Crippen molar-refractivity contribution in [2.45, 2.75) is 42.0 Å². The lowest BCUT2D eigenvalue weighted by Gasteiger charge is -2.54. The van der Waals surface area contributed by atoms with Gasteiger partial charge >= 0.3 is 5.97 Å². The van der Waals surface area contributed by atoms with Gasteiger partial charge in [0.2, 0.25) is 11.8 Å². The van der Waals surface area contributed by atoms with Crippen LogP contribution in [-0.2, 0) is 35.5 Å². The van der Waals surface area contributed by atoms with Crippen molar-refractivity contribution in [3.63, 3.8) is 0 Å². The first-order valence-corrected chi connectivity index (χ1v) is 14.7. The highest BCUT2D eigenvalue weighted by Crippen LogP contribution is 2.69. The summed E-state index contributed by atoms with van der Waals surface area (Å²) in [6.07, 6.45) is 2.00. The van der Waals surface area contributed by atoms with Crippen molar-refractivity contribution in [1.29, 1.82) is 0 Å². The second kappa shape index (κ2) is 10.4. The molecule has 1 heterocycles. The predicted molar refractivity (Wildman–Crippen MR) is 155 cm³/mol. The lowest BCUT2D eigenvalue weighted by atomic mass is 9.54. The Morgan fingerprint density at radius 3 is 1.77 bits per heavy atom. The van der Waals surface area contributed by atoms with Crippen molar-refractivity contribution in [2.24, 2.45) is 11.8 Å². The molecule has 3 aliphatic carbocycles. The number of unbranched alkanes of at least 4 members (excludes halogenated alkanes) is 2. The Balaban J connectivity index is 1.11. The normalized spacial score (nSPS) is 25.9. The van der Waals surface area contributed by atoms with Crippen molar-refractivity contribution in [2.75, 3.05) is 6.54 Å². The second-order valence-electron chi connectivity index (χ2n) is 10.5. The van der Waals surface area contributed by atoms with Gasteiger partial charge in [-0.1, -0.05) is 84.2 Å². The second-order valence-corrected chi connectivity index (χ2v) is 12.5. The molecule has 0 aromatic heterocycles. The molecule has 9 heteroatoms. The van der Waals surface area contributed by atoms with Crippen LogP contribution in [0.3, 0.4) is 0 Å². The van der Waals surface area contributed by atoms with Gasteiger partial charge in [0, 0.05) is 13.0 Å². The highest BCUT2D eigenvalue weighted by Gasteiger charge is 2.72. The molecule has 3 aromatic carbocycles. The molecule has 0 unspecified atom stereocenters. The van der Waals surface area contributed by atoms with Gasteiger partial charge in [-0.3, -0.25) is 19.3 Å². The van der Waals surface area contributed by atoms with Gasteiger partial charge < -0.3 is 4.74 Å². The van der Waals surface area contributed by atoms with Gasteiger partial charge in [-0.05, 0) is 52.8 Å². The number of hydrogen-bond acceptors (Lipinski definition) is 4. The highest BCUT2D eigenvalue weighted by atomic mass is 35.5. The van der Waals surface area contributed by atoms with Crippen LogP contribution in [0.25, 0.3) is 0 Å². The standard InChI is InChI=1S/C31H25Cl4NO4/c32-23-14-13-18(16-24(23)33)17-40-25(37)12-2-1-7-15-36-28(38)26-27(29(36)39)31(35)20-9-4-3-8-19(20)30(26,34)21-10-5-6-11-22(21)31/h3-6,8-11,13-14,16,26-27H,1-2,7,12,15,17H2/t26-,27-,30?,31?/m1/s1. The molecule has 0 saturated carbocycles. The summed E-state index contributed by atoms with van der Waals surface area (Å²) in [5.74, 6) is -2.49. The van der Waals surface area contributed by atoms with Gasteiger partial charge in [0.25, 0.3) is 0 Å². The summed E-state index contributed by atoms with van der Waals surface area (Å²) < 4.78 is 5.33. The lowest BCUT2D eigenvalue weighted by Crippen LogP contribution is -2.57. The molecular formula is C31H25Cl4NO4. The number of rotatable bonds is 8. The molecule has 4 aliphatic rings. The van der Waals surface area contributed by atoms with E-state index in [1.54, 1.807) is 18.2 Å². The smallest absolute Gasteiger partial charge is 0.306 e. The lowest BCUT2D eigenvalue weighted by molar-refractivity contribution is -0.145. The first kappa shape index (κ1) is 27.6. The fourth-order valence-electron chi connectivity index (χ4n) is 6.53. The number of amides is 2. The molecule has 5 nitrogen and oxygen atoms in total. The van der Waals surface area contributed by atoms with Gasteiger partial charge in [0.1, 0.15) is 16.4 Å². The minimum Gasteiger partial charge on any atom is -0.461 e. The molecule has 1 fully saturated rings. The Morgan fingerprint density at radius 1 is 0.750 bits per heavy atom. The maximum Gasteiger partial charge on any atom is 0.306 e. The number of carbonyl (C=O) groups is 3. The number of esters is 1. The van der Waals surface area contributed by atoms with Crippen LogP contribution in [0.1, 0.15) is 53.5 Å². The molecule has 1 aliphatic heterocycles. The zero-order valence-electron chi connectivity index (χ0n) is 21.3. The Hall–Kier alpha value is -2.57. The molecule has 40 heavy (non-hydrogen) atoms. The molecule has 1 saturated heterocycles. The van der Waals surface area contributed by atoms with E-state index in [4.69, 9.17) is 51.1 Å². The van der Waals surface area contributed by atoms with Crippen LogP contribution in [0.5, 0.6) is 0 Å². The number of ether oxygens (including phenoxy) is 1. The van der Waals surface area contributed by atoms with Crippen LogP contribution in [0, 0.1) is 11.8 Å². The number of likely N-dealkylation sites (tertiary alicyclic amines) is 1. The number of nitrogens with zero attached hydrogens (tertiary/aromatic N) is 1. The summed E-state index contributed by atoms with van der Waals surface area (Å²) in [4.78, 5) is 38.8. The number of halogens is 4. The Labute approximate surface area is 252 Å². The molecule has 206 valence electrons. The van der Waals surface area contributed by atoms with Crippen LogP contribution < -0.4 is 0 Å². The molecular weight excluding hydrogens is 592 g/mol. The summed E-state index contributed by atoms with van der Waals surface area (Å²) in [6.45, 7) is 0.357. The Kier molecular flexibility index (Phi) is 7.15. The van der Waals surface area contributed by atoms with E-state index in [0.29, 0.717) is 29.3 Å². The number of alkyl halides is 2. The van der Waals surface area contributed by atoms with E-state index < -0.39 is 21.6 Å². The number of hydrogen-bond donors (Lipinski definition) is 0. The van der Waals surface area contributed by atoms with Crippen LogP contribution in [0.2, 0.25) is 10.0 Å². The molecule has 3 aromatic rings. The maximum absolute atomic E-state index is 13.8. The molecule has 2 atom stereocenters. The third kappa shape index (κ3) is 4.08. The highest BCUT2D eigenvalue weighted by molar-refractivity contribution is 6.42. The van der Waals surface area contributed by atoms with Gasteiger partial charge in [0.15, 0.2) is 0 Å². The third-order valence-corrected chi connectivity index (χ3v) is 10.3. The van der Waals surface area contributed by atoms with Crippen molar-refractivity contribution in [3.8, 4) is 0 Å². The van der Waals surface area contributed by atoms with Gasteiger partial charge in [-0.25, -0.2) is 0 Å². The molecule has 0 spiro atoms. The van der Waals surface area contributed by atoms with Crippen LogP contribution in [-0.4, -0.2) is 29.2 Å². The summed E-state index contributed by atoms with van der Waals surface area (Å²) in [7, 11) is 0. The molecule has 2 bridgehead atoms. The average molecular weight is 617 g/mol. The van der Waals surface area contributed by atoms with Crippen molar-refractivity contribution in [1.82, 2.24) is 4.90 Å². The van der Waals surface area contributed by atoms with Crippen LogP contribution >= 0.6 is 46.4 Å². The van der Waals surface area contributed by atoms with E-state index in [-0.39, 0.29) is 37.4 Å². The largest absolute Gasteiger partial charge is 0.461 e. The Bertz CT molecular complexity index is 1420. The van der Waals surface area contributed by atoms with E-state index in [1.165, 1.54) is 4.90 Å². The SMILES string of the molecule is O=C(CCCCCN1C(=O)[C@H]2[C@H](C1=O)C1(Cl)c3ccccc3C2(Cl)c2ccccc21)OCc1ccc(Cl)c(Cl)c1. The first-order valence-electron chi connectivity index (χ1n) is 13.2. The van der Waals surface area contributed by atoms with Crippen LogP contribution in [0.4, 0.5) is 0 Å². The van der Waals surface area contributed by atoms with Crippen LogP contribution in [0.15, 0.2) is 66.7 Å². The van der Waals surface area contributed by atoms with Gasteiger partial charge in [-0.2, -0.15) is 0 Å². The van der Waals surface area contributed by atoms with E-state index in [9.17, 15) is 14.4 Å². The van der Waals surface area contributed by atoms with Gasteiger partial charge in [0.05, 0.1) is 21.9 Å². The minimum atomic E-state index is -1.17. The molecule has 2 amide bonds. The van der Waals surface area contributed by atoms with E-state index in [0.717, 1.165) is 27.8 Å². The summed E-state index contributed by atoms with van der Waals surface area (Å²) in [5.41, 5.74) is 3.90. The average Bonchev–Trinajstić information content (AvgIpc) is 3.22. The van der Waals surface area contributed by atoms with E-state index >= 15 is 0 Å². The number of carbonyl (C=O) groups excluding carboxylic acids is 3. The fraction of sp³-hybridized carbons (Fsp3) is 0.323. The van der Waals surface area contributed by atoms with Gasteiger partial charge in [-0.15, -0.1) is 23.2 Å². The molecule has 0 radical (unpaired) electrons. The summed E-state index contributed by atoms with van der Waals surface area (Å²) in [6, 6.07) is 20.3. The minimum absolute atomic E-state index is 0.112. The molecule has 7 rings (SSSR count). The van der Waals surface area contributed by atoms with Crippen molar-refractivity contribution >= 4 is 64.2 Å². The van der Waals surface area contributed by atoms with E-state index in [2.05, 4.69) is 0 Å². The Morgan fingerprint density at radius 2 is 1.27 bits per heavy atom. The van der Waals surface area contributed by atoms with Crippen molar-refractivity contribution < 1.29 is 19.1 Å². The van der Waals surface area contributed by atoms with Crippen molar-refractivity contribution in [3.05, 3.63) is 105 Å². The summed E-state index contributed by atoms with van der Waals surface area (Å²) in [5, 5.41) is 0.845. The molecule has 0 N–H and O–H groups in total. The monoisotopic (exact) mass is 615 g/mol. The summed E-state index contributed by atoms with van der Waals surface area (Å²) >= 11 is 26.8. The zero-order chi connectivity index (χ0) is 28.2. The third-order valence-electron chi connectivity index (χ3n) is 8.32. The topological polar surface area (TPSA) is 63.7 Å². The first-order chi connectivity index (χ1) is 19.2. The number of imide groups is 1.